The lowest BCUT2D eigenvalue weighted by atomic mass is 10.2. The normalized spacial score (nSPS) is 11.6. The van der Waals surface area contributed by atoms with E-state index in [0.29, 0.717) is 0 Å². The minimum Gasteiger partial charge on any atom is -0.491 e. The van der Waals surface area contributed by atoms with Crippen LogP contribution in [0.5, 0.6) is 11.5 Å². The average molecular weight is 208 g/mol. The third kappa shape index (κ3) is 4.73. The first-order valence-electron chi connectivity index (χ1n) is 5.32. The van der Waals surface area contributed by atoms with Gasteiger partial charge >= 0.3 is 0 Å². The van der Waals surface area contributed by atoms with Crippen LogP contribution in [0.25, 0.3) is 0 Å². The second kappa shape index (κ2) is 4.56. The molecule has 0 saturated heterocycles. The first-order valence-corrected chi connectivity index (χ1v) is 5.32. The summed E-state index contributed by atoms with van der Waals surface area (Å²) < 4.78 is 11.2. The zero-order valence-electron chi connectivity index (χ0n) is 10.2. The van der Waals surface area contributed by atoms with E-state index in [-0.39, 0.29) is 11.7 Å². The molecule has 0 saturated carbocycles. The van der Waals surface area contributed by atoms with Crippen LogP contribution in [0.2, 0.25) is 0 Å². The summed E-state index contributed by atoms with van der Waals surface area (Å²) in [7, 11) is 0. The molecule has 84 valence electrons. The van der Waals surface area contributed by atoms with Gasteiger partial charge in [-0.2, -0.15) is 0 Å². The van der Waals surface area contributed by atoms with Crippen LogP contribution in [0.3, 0.4) is 0 Å². The molecule has 0 aliphatic carbocycles. The van der Waals surface area contributed by atoms with Crippen molar-refractivity contribution in [1.29, 1.82) is 0 Å². The smallest absolute Gasteiger partial charge is 0.120 e. The molecule has 2 nitrogen and oxygen atoms in total. The first kappa shape index (κ1) is 11.9. The lowest BCUT2D eigenvalue weighted by Crippen LogP contribution is -2.22. The third-order valence-electron chi connectivity index (χ3n) is 1.62. The van der Waals surface area contributed by atoms with Crippen molar-refractivity contribution in [2.24, 2.45) is 0 Å². The van der Waals surface area contributed by atoms with Crippen LogP contribution in [0.15, 0.2) is 24.3 Å². The Balaban J connectivity index is 2.64. The van der Waals surface area contributed by atoms with Gasteiger partial charge in [-0.15, -0.1) is 0 Å². The number of hydrogen-bond acceptors (Lipinski definition) is 2. The number of ether oxygens (including phenoxy) is 2. The molecule has 15 heavy (non-hydrogen) atoms. The van der Waals surface area contributed by atoms with Crippen molar-refractivity contribution < 1.29 is 9.47 Å². The van der Waals surface area contributed by atoms with Crippen molar-refractivity contribution in [2.75, 3.05) is 0 Å². The topological polar surface area (TPSA) is 18.5 Å². The van der Waals surface area contributed by atoms with Crippen LogP contribution >= 0.6 is 0 Å². The van der Waals surface area contributed by atoms with Crippen LogP contribution in [0, 0.1) is 0 Å². The Morgan fingerprint density at radius 1 is 0.933 bits per heavy atom. The Morgan fingerprint density at radius 3 is 1.80 bits per heavy atom. The molecule has 1 rings (SSSR count). The highest BCUT2D eigenvalue weighted by Gasteiger charge is 2.11. The Kier molecular flexibility index (Phi) is 3.61. The van der Waals surface area contributed by atoms with Crippen molar-refractivity contribution in [3.63, 3.8) is 0 Å². The molecule has 1 aromatic rings. The Labute approximate surface area is 92.2 Å². The highest BCUT2D eigenvalue weighted by atomic mass is 16.5. The van der Waals surface area contributed by atoms with E-state index in [2.05, 4.69) is 0 Å². The summed E-state index contributed by atoms with van der Waals surface area (Å²) in [6.45, 7) is 10.1. The largest absolute Gasteiger partial charge is 0.491 e. The summed E-state index contributed by atoms with van der Waals surface area (Å²) in [5.41, 5.74) is -0.152. The molecule has 0 amide bonds. The molecule has 0 heterocycles. The van der Waals surface area contributed by atoms with Crippen molar-refractivity contribution in [1.82, 2.24) is 0 Å². The zero-order chi connectivity index (χ0) is 11.5. The molecule has 0 aliphatic rings. The number of hydrogen-bond donors (Lipinski definition) is 0. The summed E-state index contributed by atoms with van der Waals surface area (Å²) in [6, 6.07) is 7.73. The quantitative estimate of drug-likeness (QED) is 0.754. The van der Waals surface area contributed by atoms with Gasteiger partial charge in [0.2, 0.25) is 0 Å². The maximum atomic E-state index is 5.71. The Bertz CT molecular complexity index is 293. The van der Waals surface area contributed by atoms with E-state index < -0.39 is 0 Å². The van der Waals surface area contributed by atoms with Crippen LogP contribution in [-0.4, -0.2) is 11.7 Å². The summed E-state index contributed by atoms with van der Waals surface area (Å²) in [6.07, 6.45) is 0.208. The van der Waals surface area contributed by atoms with Gasteiger partial charge in [0, 0.05) is 0 Å². The molecule has 0 spiro atoms. The molecule has 2 heteroatoms. The second-order valence-corrected chi connectivity index (χ2v) is 4.85. The minimum atomic E-state index is -0.152. The molecule has 0 aromatic heterocycles. The molecule has 0 bridgehead atoms. The SMILES string of the molecule is CC(C)Oc1ccc(OC(C)(C)C)cc1. The second-order valence-electron chi connectivity index (χ2n) is 4.85. The fourth-order valence-corrected chi connectivity index (χ4v) is 1.21. The number of rotatable bonds is 3. The molecular formula is C13H20O2. The van der Waals surface area contributed by atoms with Crippen LogP contribution in [0.1, 0.15) is 34.6 Å². The summed E-state index contributed by atoms with van der Waals surface area (Å²) >= 11 is 0. The fourth-order valence-electron chi connectivity index (χ4n) is 1.21. The molecule has 0 radical (unpaired) electrons. The van der Waals surface area contributed by atoms with E-state index in [9.17, 15) is 0 Å². The van der Waals surface area contributed by atoms with Gasteiger partial charge in [-0.05, 0) is 58.9 Å². The molecule has 0 aliphatic heterocycles. The highest BCUT2D eigenvalue weighted by molar-refractivity contribution is 5.31. The summed E-state index contributed by atoms with van der Waals surface area (Å²) in [5.74, 6) is 1.75. The molecule has 0 atom stereocenters. The van der Waals surface area contributed by atoms with E-state index in [1.54, 1.807) is 0 Å². The molecule has 0 unspecified atom stereocenters. The Hall–Kier alpha value is -1.18. The predicted molar refractivity (Wildman–Crippen MR) is 62.6 cm³/mol. The molecule has 0 fully saturated rings. The van der Waals surface area contributed by atoms with Gasteiger partial charge in [-0.25, -0.2) is 0 Å². The summed E-state index contributed by atoms with van der Waals surface area (Å²) in [5, 5.41) is 0. The van der Waals surface area contributed by atoms with Crippen LogP contribution in [0.4, 0.5) is 0 Å². The van der Waals surface area contributed by atoms with E-state index >= 15 is 0 Å². The standard InChI is InChI=1S/C13H20O2/c1-10(2)14-11-6-8-12(9-7-11)15-13(3,4)5/h6-10H,1-5H3. The summed E-state index contributed by atoms with van der Waals surface area (Å²) in [4.78, 5) is 0. The van der Waals surface area contributed by atoms with Crippen LogP contribution in [-0.2, 0) is 0 Å². The molecule has 1 aromatic carbocycles. The van der Waals surface area contributed by atoms with Gasteiger partial charge in [-0.1, -0.05) is 0 Å². The molecular weight excluding hydrogens is 188 g/mol. The zero-order valence-corrected chi connectivity index (χ0v) is 10.2. The average Bonchev–Trinajstić information content (AvgIpc) is 2.05. The van der Waals surface area contributed by atoms with Crippen molar-refractivity contribution >= 4 is 0 Å². The van der Waals surface area contributed by atoms with Crippen molar-refractivity contribution in [2.45, 2.75) is 46.3 Å². The van der Waals surface area contributed by atoms with Crippen molar-refractivity contribution in [3.8, 4) is 11.5 Å². The molecule has 0 N–H and O–H groups in total. The van der Waals surface area contributed by atoms with Gasteiger partial charge < -0.3 is 9.47 Å². The fraction of sp³-hybridized carbons (Fsp3) is 0.538. The van der Waals surface area contributed by atoms with Crippen molar-refractivity contribution in [3.05, 3.63) is 24.3 Å². The highest BCUT2D eigenvalue weighted by Crippen LogP contribution is 2.22. The number of benzene rings is 1. The third-order valence-corrected chi connectivity index (χ3v) is 1.62. The minimum absolute atomic E-state index is 0.152. The first-order chi connectivity index (χ1) is 6.87. The van der Waals surface area contributed by atoms with Gasteiger partial charge in [0.05, 0.1) is 6.10 Å². The van der Waals surface area contributed by atoms with Gasteiger partial charge in [-0.3, -0.25) is 0 Å². The van der Waals surface area contributed by atoms with Crippen LogP contribution < -0.4 is 9.47 Å². The maximum absolute atomic E-state index is 5.71. The van der Waals surface area contributed by atoms with E-state index in [0.717, 1.165) is 11.5 Å². The lowest BCUT2D eigenvalue weighted by molar-refractivity contribution is 0.130. The van der Waals surface area contributed by atoms with Gasteiger partial charge in [0.1, 0.15) is 17.1 Å². The monoisotopic (exact) mass is 208 g/mol. The van der Waals surface area contributed by atoms with Gasteiger partial charge in [0.25, 0.3) is 0 Å². The van der Waals surface area contributed by atoms with E-state index in [1.165, 1.54) is 0 Å². The van der Waals surface area contributed by atoms with E-state index in [1.807, 2.05) is 58.9 Å². The Morgan fingerprint density at radius 2 is 1.40 bits per heavy atom. The van der Waals surface area contributed by atoms with Gasteiger partial charge in [0.15, 0.2) is 0 Å². The maximum Gasteiger partial charge on any atom is 0.120 e. The predicted octanol–water partition coefficient (Wildman–Crippen LogP) is 3.65. The van der Waals surface area contributed by atoms with E-state index in [4.69, 9.17) is 9.47 Å². The lowest BCUT2D eigenvalue weighted by Gasteiger charge is -2.21.